The highest BCUT2D eigenvalue weighted by Gasteiger charge is 2.41. The molecule has 2 heterocycles. The van der Waals surface area contributed by atoms with E-state index in [2.05, 4.69) is 29.4 Å². The first-order chi connectivity index (χ1) is 10.7. The maximum Gasteiger partial charge on any atom is 0.222 e. The zero-order chi connectivity index (χ0) is 15.3. The van der Waals surface area contributed by atoms with Crippen LogP contribution in [0.2, 0.25) is 0 Å². The van der Waals surface area contributed by atoms with Crippen molar-refractivity contribution in [2.75, 3.05) is 13.2 Å². The molecule has 0 bridgehead atoms. The molecule has 2 N–H and O–H groups in total. The molecule has 0 unspecified atom stereocenters. The Bertz CT molecular complexity index is 721. The second kappa shape index (κ2) is 5.13. The van der Waals surface area contributed by atoms with E-state index in [0.29, 0.717) is 18.9 Å². The summed E-state index contributed by atoms with van der Waals surface area (Å²) in [6.07, 6.45) is 4.52. The molecule has 2 aromatic rings. The van der Waals surface area contributed by atoms with E-state index in [1.807, 2.05) is 11.8 Å². The molecular weight excluding hydrogens is 276 g/mol. The van der Waals surface area contributed by atoms with E-state index in [4.69, 9.17) is 0 Å². The lowest BCUT2D eigenvalue weighted by atomic mass is 9.72. The molecule has 1 amide bonds. The highest BCUT2D eigenvalue weighted by atomic mass is 16.3. The summed E-state index contributed by atoms with van der Waals surface area (Å²) in [6, 6.07) is 6.65. The van der Waals surface area contributed by atoms with Crippen molar-refractivity contribution < 1.29 is 9.90 Å². The molecule has 1 fully saturated rings. The number of carbonyl (C=O) groups is 1. The average Bonchev–Trinajstić information content (AvgIpc) is 2.98. The van der Waals surface area contributed by atoms with E-state index in [0.717, 1.165) is 12.8 Å². The minimum atomic E-state index is 0.159. The van der Waals surface area contributed by atoms with E-state index in [1.54, 1.807) is 0 Å². The molecular formula is C18H22N2O2. The number of piperidine rings is 1. The molecule has 1 aliphatic carbocycles. The van der Waals surface area contributed by atoms with Gasteiger partial charge in [0.25, 0.3) is 0 Å². The van der Waals surface area contributed by atoms with Crippen LogP contribution in [-0.2, 0) is 11.2 Å². The van der Waals surface area contributed by atoms with Gasteiger partial charge in [-0.1, -0.05) is 19.1 Å². The molecule has 0 saturated carbocycles. The number of carbonyl (C=O) groups excluding carboxylic acids is 1. The largest absolute Gasteiger partial charge is 0.396 e. The molecule has 4 nitrogen and oxygen atoms in total. The first kappa shape index (κ1) is 13.8. The van der Waals surface area contributed by atoms with Gasteiger partial charge in [-0.3, -0.25) is 4.79 Å². The van der Waals surface area contributed by atoms with Crippen LogP contribution in [0.4, 0.5) is 0 Å². The summed E-state index contributed by atoms with van der Waals surface area (Å²) in [7, 11) is 0. The number of hydrogen-bond acceptors (Lipinski definition) is 2. The van der Waals surface area contributed by atoms with Crippen molar-refractivity contribution >= 4 is 16.8 Å². The minimum Gasteiger partial charge on any atom is -0.396 e. The summed E-state index contributed by atoms with van der Waals surface area (Å²) >= 11 is 0. The van der Waals surface area contributed by atoms with Crippen molar-refractivity contribution in [3.05, 3.63) is 35.5 Å². The third kappa shape index (κ3) is 1.90. The molecule has 4 rings (SSSR count). The maximum atomic E-state index is 12.4. The SMILES string of the molecule is CCC(=O)N1C[C@H](CO)C[C@@H]2c3cccc4[nH]cc(c34)C[C@H]21. The molecule has 1 aliphatic heterocycles. The minimum absolute atomic E-state index is 0.159. The Morgan fingerprint density at radius 3 is 3.09 bits per heavy atom. The number of fused-ring (bicyclic) bond motifs is 2. The molecule has 1 aromatic heterocycles. The Morgan fingerprint density at radius 1 is 1.45 bits per heavy atom. The summed E-state index contributed by atoms with van der Waals surface area (Å²) in [5, 5.41) is 11.0. The lowest BCUT2D eigenvalue weighted by molar-refractivity contribution is -0.136. The number of aliphatic hydroxyl groups is 1. The predicted octanol–water partition coefficient (Wildman–Crippen LogP) is 2.43. The Labute approximate surface area is 130 Å². The first-order valence-corrected chi connectivity index (χ1v) is 8.22. The number of likely N-dealkylation sites (tertiary alicyclic amines) is 1. The van der Waals surface area contributed by atoms with E-state index in [9.17, 15) is 9.90 Å². The van der Waals surface area contributed by atoms with Crippen LogP contribution in [0.5, 0.6) is 0 Å². The molecule has 116 valence electrons. The number of hydrogen-bond donors (Lipinski definition) is 2. The fourth-order valence-electron chi connectivity index (χ4n) is 4.41. The van der Waals surface area contributed by atoms with Crippen LogP contribution < -0.4 is 0 Å². The zero-order valence-corrected chi connectivity index (χ0v) is 12.9. The number of rotatable bonds is 2. The molecule has 0 radical (unpaired) electrons. The van der Waals surface area contributed by atoms with Gasteiger partial charge in [-0.05, 0) is 30.0 Å². The number of nitrogens with zero attached hydrogens (tertiary/aromatic N) is 1. The van der Waals surface area contributed by atoms with Gasteiger partial charge in [0.2, 0.25) is 5.91 Å². The standard InChI is InChI=1S/C18H22N2O2/c1-2-17(22)20-9-11(10-21)6-14-13-4-3-5-15-18(13)12(8-19-15)7-16(14)20/h3-5,8,11,14,16,19,21H,2,6-7,9-10H2,1H3/t11-,14-,16-/m1/s1. The van der Waals surface area contributed by atoms with Gasteiger partial charge in [-0.2, -0.15) is 0 Å². The lowest BCUT2D eigenvalue weighted by Crippen LogP contribution is -2.53. The Hall–Kier alpha value is -1.81. The molecule has 4 heteroatoms. The number of aromatic amines is 1. The smallest absolute Gasteiger partial charge is 0.222 e. The van der Waals surface area contributed by atoms with Crippen LogP contribution in [0.25, 0.3) is 10.9 Å². The molecule has 0 spiro atoms. The van der Waals surface area contributed by atoms with Gasteiger partial charge in [0.1, 0.15) is 0 Å². The number of aromatic nitrogens is 1. The average molecular weight is 298 g/mol. The van der Waals surface area contributed by atoms with Crippen LogP contribution >= 0.6 is 0 Å². The second-order valence-electron chi connectivity index (χ2n) is 6.65. The van der Waals surface area contributed by atoms with Gasteiger partial charge < -0.3 is 15.0 Å². The normalized spacial score (nSPS) is 27.0. The Kier molecular flexibility index (Phi) is 3.22. The summed E-state index contributed by atoms with van der Waals surface area (Å²) in [5.41, 5.74) is 3.85. The van der Waals surface area contributed by atoms with Crippen molar-refractivity contribution in [2.24, 2.45) is 5.92 Å². The van der Waals surface area contributed by atoms with Gasteiger partial charge in [0, 0.05) is 54.5 Å². The first-order valence-electron chi connectivity index (χ1n) is 8.22. The number of nitrogens with one attached hydrogen (secondary N) is 1. The quantitative estimate of drug-likeness (QED) is 0.894. The number of benzene rings is 1. The number of H-pyrrole nitrogens is 1. The van der Waals surface area contributed by atoms with Gasteiger partial charge in [-0.15, -0.1) is 0 Å². The third-order valence-electron chi connectivity index (χ3n) is 5.44. The summed E-state index contributed by atoms with van der Waals surface area (Å²) < 4.78 is 0. The fourth-order valence-corrected chi connectivity index (χ4v) is 4.41. The van der Waals surface area contributed by atoms with Crippen LogP contribution in [-0.4, -0.2) is 40.1 Å². The van der Waals surface area contributed by atoms with Crippen molar-refractivity contribution in [1.82, 2.24) is 9.88 Å². The maximum absolute atomic E-state index is 12.4. The van der Waals surface area contributed by atoms with Gasteiger partial charge in [0.05, 0.1) is 0 Å². The van der Waals surface area contributed by atoms with Gasteiger partial charge >= 0.3 is 0 Å². The summed E-state index contributed by atoms with van der Waals surface area (Å²) in [6.45, 7) is 2.78. The molecule has 22 heavy (non-hydrogen) atoms. The van der Waals surface area contributed by atoms with Crippen LogP contribution in [0.15, 0.2) is 24.4 Å². The van der Waals surface area contributed by atoms with Gasteiger partial charge in [-0.25, -0.2) is 0 Å². The van der Waals surface area contributed by atoms with Crippen molar-refractivity contribution in [2.45, 2.75) is 38.1 Å². The third-order valence-corrected chi connectivity index (χ3v) is 5.44. The summed E-state index contributed by atoms with van der Waals surface area (Å²) in [4.78, 5) is 17.8. The molecule has 2 aliphatic rings. The number of amides is 1. The van der Waals surface area contributed by atoms with Crippen molar-refractivity contribution in [3.8, 4) is 0 Å². The summed E-state index contributed by atoms with van der Waals surface area (Å²) in [5.74, 6) is 0.736. The highest BCUT2D eigenvalue weighted by Crippen LogP contribution is 2.44. The lowest BCUT2D eigenvalue weighted by Gasteiger charge is -2.46. The van der Waals surface area contributed by atoms with Crippen LogP contribution in [0.3, 0.4) is 0 Å². The molecule has 1 aromatic carbocycles. The van der Waals surface area contributed by atoms with Crippen LogP contribution in [0, 0.1) is 5.92 Å². The monoisotopic (exact) mass is 298 g/mol. The fraction of sp³-hybridized carbons (Fsp3) is 0.500. The topological polar surface area (TPSA) is 56.3 Å². The second-order valence-corrected chi connectivity index (χ2v) is 6.65. The van der Waals surface area contributed by atoms with E-state index in [-0.39, 0.29) is 24.5 Å². The number of aliphatic hydroxyl groups excluding tert-OH is 1. The van der Waals surface area contributed by atoms with E-state index in [1.165, 1.54) is 22.0 Å². The molecule has 3 atom stereocenters. The van der Waals surface area contributed by atoms with Crippen LogP contribution in [0.1, 0.15) is 36.8 Å². The van der Waals surface area contributed by atoms with Crippen molar-refractivity contribution in [1.29, 1.82) is 0 Å². The Morgan fingerprint density at radius 2 is 2.32 bits per heavy atom. The zero-order valence-electron chi connectivity index (χ0n) is 12.9. The Balaban J connectivity index is 1.82. The van der Waals surface area contributed by atoms with Crippen molar-refractivity contribution in [3.63, 3.8) is 0 Å². The molecule has 1 saturated heterocycles. The highest BCUT2D eigenvalue weighted by molar-refractivity contribution is 5.89. The van der Waals surface area contributed by atoms with E-state index < -0.39 is 0 Å². The predicted molar refractivity (Wildman–Crippen MR) is 85.7 cm³/mol. The van der Waals surface area contributed by atoms with Gasteiger partial charge in [0.15, 0.2) is 0 Å². The van der Waals surface area contributed by atoms with E-state index >= 15 is 0 Å².